The number of rotatable bonds is 51. The Labute approximate surface area is 448 Å². The summed E-state index contributed by atoms with van der Waals surface area (Å²) in [5.74, 6) is -1.98. The molecule has 0 aromatic heterocycles. The Hall–Kier alpha value is -1.10. The molecule has 0 aliphatic carbocycles. The molecule has 0 saturated heterocycles. The molecule has 0 atom stereocenters. The minimum Gasteiger partial charge on any atom is -0.481 e. The predicted molar refractivity (Wildman–Crippen MR) is 289 cm³/mol. The van der Waals surface area contributed by atoms with Crippen molar-refractivity contribution in [3.8, 4) is 0 Å². The average Bonchev–Trinajstić information content (AvgIpc) is 3.29. The molecule has 0 aromatic carbocycles. The van der Waals surface area contributed by atoms with Crippen molar-refractivity contribution in [2.24, 2.45) is 0 Å². The van der Waals surface area contributed by atoms with Gasteiger partial charge in [0, 0.05) is 57.4 Å². The maximum atomic E-state index is 10.4. The minimum atomic E-state index is -0.659. The minimum absolute atomic E-state index is 0. The first-order valence-electron chi connectivity index (χ1n) is 28.9. The van der Waals surface area contributed by atoms with E-state index in [9.17, 15) is 14.4 Å². The van der Waals surface area contributed by atoms with Crippen molar-refractivity contribution in [1.29, 1.82) is 0 Å². The van der Waals surface area contributed by atoms with E-state index in [0.29, 0.717) is 19.3 Å². The summed E-state index contributed by atoms with van der Waals surface area (Å²) in [6.45, 7) is 6.80. The van der Waals surface area contributed by atoms with E-state index in [1.165, 1.54) is 250 Å². The van der Waals surface area contributed by atoms with Gasteiger partial charge in [-0.1, -0.05) is 250 Å². The van der Waals surface area contributed by atoms with Gasteiger partial charge >= 0.3 is 17.9 Å². The Morgan fingerprint density at radius 3 is 0.522 bits per heavy atom. The van der Waals surface area contributed by atoms with Crippen molar-refractivity contribution in [2.45, 2.75) is 329 Å². The fourth-order valence-corrected chi connectivity index (χ4v) is 8.10. The molecule has 3 N–H and O–H groups in total. The Balaban J connectivity index is -0.000000441. The second kappa shape index (κ2) is 69.2. The maximum Gasteiger partial charge on any atom is 0.303 e. The van der Waals surface area contributed by atoms with Crippen LogP contribution in [0.25, 0.3) is 0 Å². The van der Waals surface area contributed by atoms with Gasteiger partial charge in [-0.3, -0.25) is 14.4 Å². The van der Waals surface area contributed by atoms with Crippen molar-refractivity contribution >= 4 is 17.9 Å². The summed E-state index contributed by atoms with van der Waals surface area (Å²) in [5, 5.41) is 25.6. The standard InChI is InChI=1S/3C20H38O2.Dy/c3*1-2-3-4-5-6-7-8-9-10-11-12-13-14-15-16-17-18-19-20(21)22;/h3*9-10H,2-8,11-19H2,1H3,(H,21,22);/b3*10-9-;. The van der Waals surface area contributed by atoms with Gasteiger partial charge in [0.25, 0.3) is 0 Å². The van der Waals surface area contributed by atoms with Gasteiger partial charge in [-0.25, -0.2) is 0 Å². The number of unbranched alkanes of at least 4 members (excludes halogenated alkanes) is 39. The Kier molecular flexibility index (Phi) is 74.8. The number of aliphatic carboxylic acids is 3. The molecule has 67 heavy (non-hydrogen) atoms. The Morgan fingerprint density at radius 1 is 0.239 bits per heavy atom. The molecule has 0 radical (unpaired) electrons. The summed E-state index contributed by atoms with van der Waals surface area (Å²) in [7, 11) is 0. The van der Waals surface area contributed by atoms with E-state index in [1.54, 1.807) is 0 Å². The van der Waals surface area contributed by atoms with Crippen LogP contribution in [0.4, 0.5) is 0 Å². The second-order valence-electron chi connectivity index (χ2n) is 19.3. The average molecular weight is 1090 g/mol. The molecule has 0 bridgehead atoms. The van der Waals surface area contributed by atoms with Crippen LogP contribution < -0.4 is 0 Å². The molecule has 400 valence electrons. The molecule has 0 aliphatic rings. The van der Waals surface area contributed by atoms with E-state index in [4.69, 9.17) is 15.3 Å². The monoisotopic (exact) mass is 1090 g/mol. The molecule has 0 unspecified atom stereocenters. The van der Waals surface area contributed by atoms with Crippen molar-refractivity contribution in [2.75, 3.05) is 0 Å². The molecule has 7 heteroatoms. The van der Waals surface area contributed by atoms with Crippen molar-refractivity contribution in [1.82, 2.24) is 0 Å². The van der Waals surface area contributed by atoms with Gasteiger partial charge in [0.05, 0.1) is 0 Å². The first-order valence-corrected chi connectivity index (χ1v) is 28.9. The van der Waals surface area contributed by atoms with E-state index in [1.807, 2.05) is 0 Å². The van der Waals surface area contributed by atoms with Crippen LogP contribution in [0.5, 0.6) is 0 Å². The van der Waals surface area contributed by atoms with Crippen LogP contribution in [-0.2, 0) is 14.4 Å². The first kappa shape index (κ1) is 72.4. The fraction of sp³-hybridized carbons (Fsp3) is 0.850. The summed E-state index contributed by atoms with van der Waals surface area (Å²) in [5.41, 5.74) is 0. The smallest absolute Gasteiger partial charge is 0.303 e. The number of carboxylic acid groups (broad SMARTS) is 3. The Morgan fingerprint density at radius 2 is 0.373 bits per heavy atom. The molecular weight excluding hydrogens is 979 g/mol. The van der Waals surface area contributed by atoms with Gasteiger partial charge in [0.1, 0.15) is 0 Å². The van der Waals surface area contributed by atoms with Crippen LogP contribution >= 0.6 is 0 Å². The molecule has 0 amide bonds. The van der Waals surface area contributed by atoms with Crippen molar-refractivity contribution < 1.29 is 67.9 Å². The predicted octanol–water partition coefficient (Wildman–Crippen LogP) is 20.7. The molecule has 0 heterocycles. The van der Waals surface area contributed by atoms with Crippen LogP contribution in [0.1, 0.15) is 329 Å². The summed E-state index contributed by atoms with van der Waals surface area (Å²) < 4.78 is 0. The third-order valence-corrected chi connectivity index (χ3v) is 12.5. The van der Waals surface area contributed by atoms with E-state index in [0.717, 1.165) is 38.5 Å². The third-order valence-electron chi connectivity index (χ3n) is 12.5. The normalized spacial score (nSPS) is 11.1. The van der Waals surface area contributed by atoms with Gasteiger partial charge in [-0.2, -0.15) is 0 Å². The molecule has 0 aliphatic heterocycles. The third kappa shape index (κ3) is 82.2. The summed E-state index contributed by atoms with van der Waals surface area (Å²) >= 11 is 0. The molecule has 0 rings (SSSR count). The van der Waals surface area contributed by atoms with Crippen molar-refractivity contribution in [3.63, 3.8) is 0 Å². The van der Waals surface area contributed by atoms with Crippen LogP contribution in [0.3, 0.4) is 0 Å². The summed E-state index contributed by atoms with van der Waals surface area (Å²) in [4.78, 5) is 31.1. The molecule has 0 saturated carbocycles. The largest absolute Gasteiger partial charge is 0.481 e. The second-order valence-corrected chi connectivity index (χ2v) is 19.3. The van der Waals surface area contributed by atoms with Crippen molar-refractivity contribution in [3.05, 3.63) is 36.5 Å². The van der Waals surface area contributed by atoms with Gasteiger partial charge in [-0.05, 0) is 96.3 Å². The number of carboxylic acids is 3. The zero-order valence-electron chi connectivity index (χ0n) is 44.8. The molecular formula is C60H114DyO6. The summed E-state index contributed by atoms with van der Waals surface area (Å²) in [6, 6.07) is 0. The zero-order chi connectivity index (χ0) is 48.9. The van der Waals surface area contributed by atoms with Crippen LogP contribution in [-0.4, -0.2) is 33.2 Å². The number of hydrogen-bond donors (Lipinski definition) is 3. The fourth-order valence-electron chi connectivity index (χ4n) is 8.10. The summed E-state index contributed by atoms with van der Waals surface area (Å²) in [6.07, 6.45) is 72.5. The topological polar surface area (TPSA) is 112 Å². The SMILES string of the molecule is CCCCCCCC/C=C\CCCCCCCCCC(=O)O.CCCCCCCC/C=C\CCCCCCCCCC(=O)O.CCCCCCCC/C=C\CCCCCCCCCC(=O)O.[Dy]. The molecule has 0 fully saturated rings. The van der Waals surface area contributed by atoms with Crippen LogP contribution in [0.2, 0.25) is 0 Å². The van der Waals surface area contributed by atoms with Gasteiger partial charge in [0.15, 0.2) is 0 Å². The quantitative estimate of drug-likeness (QED) is 0.0413. The molecule has 0 aromatic rings. The van der Waals surface area contributed by atoms with Crippen LogP contribution in [0.15, 0.2) is 36.5 Å². The first-order chi connectivity index (χ1) is 32.3. The van der Waals surface area contributed by atoms with E-state index in [2.05, 4.69) is 57.2 Å². The van der Waals surface area contributed by atoms with Crippen LogP contribution in [0, 0.1) is 38.2 Å². The van der Waals surface area contributed by atoms with E-state index >= 15 is 0 Å². The maximum absolute atomic E-state index is 10.4. The molecule has 6 nitrogen and oxygen atoms in total. The number of allylic oxidation sites excluding steroid dienone is 6. The van der Waals surface area contributed by atoms with Gasteiger partial charge in [0.2, 0.25) is 0 Å². The zero-order valence-corrected chi connectivity index (χ0v) is 46.8. The van der Waals surface area contributed by atoms with Gasteiger partial charge < -0.3 is 15.3 Å². The Bertz CT molecular complexity index is 911. The number of hydrogen-bond acceptors (Lipinski definition) is 3. The number of carbonyl (C=O) groups is 3. The van der Waals surface area contributed by atoms with Gasteiger partial charge in [-0.15, -0.1) is 0 Å². The van der Waals surface area contributed by atoms with E-state index in [-0.39, 0.29) is 38.2 Å². The molecule has 0 spiro atoms. The van der Waals surface area contributed by atoms with E-state index < -0.39 is 17.9 Å².